The average Bonchev–Trinajstić information content (AvgIpc) is 3.61. The zero-order valence-corrected chi connectivity index (χ0v) is 46.6. The van der Waals surface area contributed by atoms with Gasteiger partial charge < -0.3 is 69.5 Å². The van der Waals surface area contributed by atoms with Gasteiger partial charge in [-0.3, -0.25) is 14.1 Å². The van der Waals surface area contributed by atoms with Crippen LogP contribution in [0.5, 0.6) is 0 Å². The van der Waals surface area contributed by atoms with Gasteiger partial charge in [0, 0.05) is 44.5 Å². The highest BCUT2D eigenvalue weighted by atomic mass is 32.2. The number of nitrogens with one attached hydrogen (secondary N) is 2. The van der Waals surface area contributed by atoms with E-state index < -0.39 is 117 Å². The number of Topliss-reactive ketones (excluding diaryl/α,β-unsaturated/α-hetero) is 1. The molecule has 2 bridgehead atoms. The highest BCUT2D eigenvalue weighted by Crippen LogP contribution is 2.64. The van der Waals surface area contributed by atoms with E-state index in [1.807, 2.05) is 67.5 Å². The average molecular weight is 1040 g/mol. The molecule has 0 amide bonds. The van der Waals surface area contributed by atoms with E-state index in [0.29, 0.717) is 32.4 Å². The molecule has 20 heteroatoms. The van der Waals surface area contributed by atoms with Crippen LogP contribution in [0.25, 0.3) is 0 Å². The summed E-state index contributed by atoms with van der Waals surface area (Å²) >= 11 is 0. The maximum Gasteiger partial charge on any atom is 0.311 e. The van der Waals surface area contributed by atoms with Crippen LogP contribution in [0.4, 0.5) is 0 Å². The van der Waals surface area contributed by atoms with Crippen molar-refractivity contribution in [3.05, 3.63) is 0 Å². The van der Waals surface area contributed by atoms with E-state index >= 15 is 0 Å². The number of cyclic esters (lactones) is 1. The Kier molecular flexibility index (Phi) is 20.8. The van der Waals surface area contributed by atoms with Crippen LogP contribution in [0.15, 0.2) is 0 Å². The molecular formula is C51H95N3O16S. The van der Waals surface area contributed by atoms with Gasteiger partial charge in [-0.15, -0.1) is 0 Å². The molecule has 2 aliphatic carbocycles. The zero-order chi connectivity index (χ0) is 54.0. The summed E-state index contributed by atoms with van der Waals surface area (Å²) < 4.78 is 69.3. The number of esters is 1. The number of aliphatic hydroxyl groups is 5. The minimum Gasteiger partial charge on any atom is -0.459 e. The van der Waals surface area contributed by atoms with Crippen LogP contribution in [0.3, 0.4) is 0 Å². The van der Waals surface area contributed by atoms with Crippen molar-refractivity contribution in [1.29, 1.82) is 0 Å². The second-order valence-corrected chi connectivity index (χ2v) is 25.0. The fourth-order valence-electron chi connectivity index (χ4n) is 12.6. The monoisotopic (exact) mass is 1040 g/mol. The lowest BCUT2D eigenvalue weighted by molar-refractivity contribution is -0.336. The molecule has 5 rings (SSSR count). The highest BCUT2D eigenvalue weighted by molar-refractivity contribution is 7.85. The second kappa shape index (κ2) is 23.8. The van der Waals surface area contributed by atoms with Gasteiger partial charge in [-0.2, -0.15) is 8.42 Å². The Bertz CT molecular complexity index is 1870. The summed E-state index contributed by atoms with van der Waals surface area (Å²) in [6, 6.07) is -0.877. The summed E-state index contributed by atoms with van der Waals surface area (Å²) in [6.07, 6.45) is -4.74. The first-order valence-corrected chi connectivity index (χ1v) is 27.7. The number of aliphatic hydroxyl groups excluding tert-OH is 2. The molecule has 3 saturated heterocycles. The van der Waals surface area contributed by atoms with Crippen LogP contribution in [0.1, 0.15) is 141 Å². The first-order chi connectivity index (χ1) is 32.6. The van der Waals surface area contributed by atoms with Crippen LogP contribution in [-0.4, -0.2) is 192 Å². The topological polar surface area (TPSA) is 272 Å². The van der Waals surface area contributed by atoms with Crippen molar-refractivity contribution in [1.82, 2.24) is 15.5 Å². The molecule has 0 aromatic carbocycles. The summed E-state index contributed by atoms with van der Waals surface area (Å²) in [4.78, 5) is 28.1. The SMILES string of the molecule is CC1(C)[C@@H]2CC[C@@]1(CS(=O)(=O)O)C(=O)C2.CCCNC[C@]1(O)[C@H](C)O[C@@H](O[C@H]2[C@H](C)[C@@H](O[C@@H]3O[C@H](C)C[C@H](N(C)C)[C@H]3O)[C@](C)(O)C[C@@H](C)CN[C@H](C)[C@@H](O)[C@](C)(O)[C@@H](CC)OC(=O)[C@@H]2C)C[C@@]1(C)OC. The molecule has 0 aromatic rings. The number of nitrogens with zero attached hydrogens (tertiary/aromatic N) is 1. The van der Waals surface area contributed by atoms with E-state index in [9.17, 15) is 43.5 Å². The molecule has 3 aliphatic heterocycles. The number of carbonyl (C=O) groups is 2. The quantitative estimate of drug-likeness (QED) is 0.0748. The van der Waals surface area contributed by atoms with Gasteiger partial charge in [0.2, 0.25) is 0 Å². The number of rotatable bonds is 13. The van der Waals surface area contributed by atoms with Crippen molar-refractivity contribution < 1.29 is 76.5 Å². The lowest BCUT2D eigenvalue weighted by Gasteiger charge is -2.53. The zero-order valence-electron chi connectivity index (χ0n) is 45.8. The molecule has 19 nitrogen and oxygen atoms in total. The lowest BCUT2D eigenvalue weighted by atomic mass is 9.70. The van der Waals surface area contributed by atoms with Gasteiger partial charge in [0.25, 0.3) is 10.1 Å². The van der Waals surface area contributed by atoms with E-state index in [1.165, 1.54) is 14.0 Å². The molecule has 20 atom stereocenters. The lowest BCUT2D eigenvalue weighted by Crippen LogP contribution is -2.70. The van der Waals surface area contributed by atoms with E-state index in [-0.39, 0.29) is 61.0 Å². The molecular weight excluding hydrogens is 943 g/mol. The first kappa shape index (κ1) is 62.1. The summed E-state index contributed by atoms with van der Waals surface area (Å²) in [5, 5.41) is 65.8. The minimum atomic E-state index is -4.08. The van der Waals surface area contributed by atoms with Crippen molar-refractivity contribution in [2.75, 3.05) is 46.6 Å². The highest BCUT2D eigenvalue weighted by Gasteiger charge is 2.65. The molecule has 0 radical (unpaired) electrons. The van der Waals surface area contributed by atoms with Crippen LogP contribution in [0, 0.1) is 34.5 Å². The van der Waals surface area contributed by atoms with Crippen molar-refractivity contribution in [2.24, 2.45) is 34.5 Å². The molecule has 0 unspecified atom stereocenters. The van der Waals surface area contributed by atoms with Gasteiger partial charge in [-0.05, 0) is 131 Å². The summed E-state index contributed by atoms with van der Waals surface area (Å²) in [7, 11) is 1.23. The summed E-state index contributed by atoms with van der Waals surface area (Å²) in [6.45, 7) is 24.8. The summed E-state index contributed by atoms with van der Waals surface area (Å²) in [5.41, 5.74) is -7.07. The number of ether oxygens (including phenoxy) is 6. The molecule has 416 valence electrons. The molecule has 0 aromatic heterocycles. The molecule has 0 spiro atoms. The summed E-state index contributed by atoms with van der Waals surface area (Å²) in [5.74, 6) is -2.77. The maximum absolute atomic E-state index is 14.3. The van der Waals surface area contributed by atoms with Gasteiger partial charge in [0.1, 0.15) is 40.9 Å². The van der Waals surface area contributed by atoms with Gasteiger partial charge in [-0.1, -0.05) is 41.5 Å². The molecule has 5 aliphatic rings. The third-order valence-electron chi connectivity index (χ3n) is 17.6. The van der Waals surface area contributed by atoms with Gasteiger partial charge in [0.15, 0.2) is 12.6 Å². The molecule has 8 N–H and O–H groups in total. The fraction of sp³-hybridized carbons (Fsp3) is 0.961. The normalized spacial score (nSPS) is 45.9. The fourth-order valence-corrected chi connectivity index (χ4v) is 13.9. The van der Waals surface area contributed by atoms with Crippen molar-refractivity contribution in [2.45, 2.75) is 231 Å². The number of hydrogen-bond acceptors (Lipinski definition) is 18. The molecule has 71 heavy (non-hydrogen) atoms. The van der Waals surface area contributed by atoms with Crippen molar-refractivity contribution in [3.63, 3.8) is 0 Å². The first-order valence-electron chi connectivity index (χ1n) is 26.1. The molecule has 2 saturated carbocycles. The number of likely N-dealkylation sites (N-methyl/N-ethyl adjacent to an activating group) is 1. The number of methoxy groups -OCH3 is 1. The van der Waals surface area contributed by atoms with Gasteiger partial charge >= 0.3 is 5.97 Å². The van der Waals surface area contributed by atoms with E-state index in [0.717, 1.165) is 12.8 Å². The predicted octanol–water partition coefficient (Wildman–Crippen LogP) is 3.20. The van der Waals surface area contributed by atoms with Gasteiger partial charge in [0.05, 0.1) is 47.1 Å². The minimum absolute atomic E-state index is 0.0152. The Hall–Kier alpha value is -1.47. The van der Waals surface area contributed by atoms with E-state index in [1.54, 1.807) is 34.6 Å². The van der Waals surface area contributed by atoms with Crippen molar-refractivity contribution >= 4 is 21.9 Å². The van der Waals surface area contributed by atoms with Gasteiger partial charge in [-0.25, -0.2) is 0 Å². The largest absolute Gasteiger partial charge is 0.459 e. The van der Waals surface area contributed by atoms with Crippen molar-refractivity contribution in [3.8, 4) is 0 Å². The maximum atomic E-state index is 14.3. The molecule has 5 fully saturated rings. The number of ketones is 1. The molecule has 3 heterocycles. The Morgan fingerprint density at radius 1 is 0.930 bits per heavy atom. The van der Waals surface area contributed by atoms with Crippen LogP contribution < -0.4 is 10.6 Å². The number of hydrogen-bond donors (Lipinski definition) is 8. The van der Waals surface area contributed by atoms with Crippen LogP contribution in [-0.2, 0) is 48.1 Å². The second-order valence-electron chi connectivity index (χ2n) is 23.6. The van der Waals surface area contributed by atoms with Crippen LogP contribution in [0.2, 0.25) is 0 Å². The Balaban J connectivity index is 0.000000615. The Morgan fingerprint density at radius 2 is 1.56 bits per heavy atom. The Labute approximate surface area is 424 Å². The van der Waals surface area contributed by atoms with E-state index in [2.05, 4.69) is 10.6 Å². The van der Waals surface area contributed by atoms with Crippen LogP contribution >= 0.6 is 0 Å². The standard InChI is InChI=1S/C41H79N3O12.C10H16O4S/c1-15-17-42-22-41(50)28(8)53-31(20-39(41,10)51-14)55-33-25(5)35(56-37-32(45)29(44(12)13)18-24(4)52-37)38(9,48)19-23(3)21-43-27(7)34(46)40(11,49)30(16-2)54-36(47)26(33)6;1-9(2)7-3-4-10(9,8(11)5-7)6-15(12,13)14/h23-35,37,42-43,45-46,48-50H,15-22H2,1-14H3;7H,3-6H2,1-2H3,(H,12,13,14)/t23-,24-,25+,26-,27-,28+,29+,30-,31+,32-,33+,34-,35-,37+,38-,39-,40-,41+;7-,10-/m11/s1. The smallest absolute Gasteiger partial charge is 0.311 e. The Morgan fingerprint density at radius 3 is 2.08 bits per heavy atom. The third-order valence-corrected chi connectivity index (χ3v) is 18.4. The number of carbonyl (C=O) groups excluding carboxylic acids is 2. The third kappa shape index (κ3) is 13.4. The van der Waals surface area contributed by atoms with E-state index in [4.69, 9.17) is 33.0 Å². The predicted molar refractivity (Wildman–Crippen MR) is 267 cm³/mol. The number of fused-ring (bicyclic) bond motifs is 2.